The molecule has 82 valence electrons. The number of rotatable bonds is 5. The molecule has 1 atom stereocenters. The minimum Gasteiger partial charge on any atom is -0.224 e. The normalized spacial score (nSPS) is 22.5. The van der Waals surface area contributed by atoms with Crippen LogP contribution >= 0.6 is 11.8 Å². The van der Waals surface area contributed by atoms with Gasteiger partial charge in [-0.1, -0.05) is 45.9 Å². The lowest BCUT2D eigenvalue weighted by Crippen LogP contribution is -2.28. The van der Waals surface area contributed by atoms with E-state index in [-0.39, 0.29) is 0 Å². The number of thioether (sulfide) groups is 1. The molecular weight excluding hydrogens is 190 g/mol. The number of nitrogens with zero attached hydrogens (tertiary/aromatic N) is 1. The van der Waals surface area contributed by atoms with E-state index in [9.17, 15) is 0 Å². The van der Waals surface area contributed by atoms with Crippen molar-refractivity contribution in [3.8, 4) is 0 Å². The third-order valence-electron chi connectivity index (χ3n) is 2.87. The first-order valence-electron chi connectivity index (χ1n) is 5.96. The van der Waals surface area contributed by atoms with E-state index in [2.05, 4.69) is 44.0 Å². The molecule has 0 aromatic carbocycles. The summed E-state index contributed by atoms with van der Waals surface area (Å²) in [6.07, 6.45) is 3.95. The highest BCUT2D eigenvalue weighted by molar-refractivity contribution is 8.13. The average molecular weight is 214 g/mol. The Labute approximate surface area is 93.0 Å². The summed E-state index contributed by atoms with van der Waals surface area (Å²) in [5.74, 6) is 2.03. The predicted octanol–water partition coefficient (Wildman–Crippen LogP) is 3.38. The van der Waals surface area contributed by atoms with Crippen LogP contribution in [0.3, 0.4) is 0 Å². The van der Waals surface area contributed by atoms with Gasteiger partial charge < -0.3 is 0 Å². The van der Waals surface area contributed by atoms with E-state index in [4.69, 9.17) is 0 Å². The van der Waals surface area contributed by atoms with Crippen LogP contribution in [0.15, 0.2) is 0 Å². The van der Waals surface area contributed by atoms with E-state index in [1.54, 1.807) is 5.04 Å². The van der Waals surface area contributed by atoms with Gasteiger partial charge in [-0.25, -0.2) is 4.58 Å². The summed E-state index contributed by atoms with van der Waals surface area (Å²) in [6.45, 7) is 10.5. The van der Waals surface area contributed by atoms with E-state index in [1.807, 2.05) is 0 Å². The monoisotopic (exact) mass is 214 g/mol. The summed E-state index contributed by atoms with van der Waals surface area (Å²) >= 11 is 2.08. The molecule has 0 spiro atoms. The smallest absolute Gasteiger partial charge is 0.213 e. The second-order valence-corrected chi connectivity index (χ2v) is 5.45. The first-order valence-corrected chi connectivity index (χ1v) is 6.95. The lowest BCUT2D eigenvalue weighted by Gasteiger charge is -2.09. The van der Waals surface area contributed by atoms with Gasteiger partial charge in [0.25, 0.3) is 0 Å². The maximum atomic E-state index is 2.67. The molecule has 0 saturated heterocycles. The molecule has 0 bridgehead atoms. The van der Waals surface area contributed by atoms with Crippen molar-refractivity contribution in [2.45, 2.75) is 53.0 Å². The summed E-state index contributed by atoms with van der Waals surface area (Å²) in [4.78, 5) is 0. The van der Waals surface area contributed by atoms with E-state index in [0.29, 0.717) is 5.92 Å². The van der Waals surface area contributed by atoms with Crippen LogP contribution in [0.25, 0.3) is 0 Å². The molecule has 1 aliphatic rings. The SMILES string of the molecule is CCCC[N+]1=C(C(C)C)SC[C@H]1CC. The van der Waals surface area contributed by atoms with Crippen LogP contribution in [0.4, 0.5) is 0 Å². The quantitative estimate of drug-likeness (QED) is 0.634. The zero-order chi connectivity index (χ0) is 10.6. The summed E-state index contributed by atoms with van der Waals surface area (Å²) in [7, 11) is 0. The molecule has 0 unspecified atom stereocenters. The average Bonchev–Trinajstić information content (AvgIpc) is 2.57. The highest BCUT2D eigenvalue weighted by Gasteiger charge is 2.33. The second kappa shape index (κ2) is 5.79. The molecule has 2 heteroatoms. The van der Waals surface area contributed by atoms with Crippen LogP contribution in [-0.4, -0.2) is 28.0 Å². The third kappa shape index (κ3) is 2.75. The van der Waals surface area contributed by atoms with Crippen molar-refractivity contribution in [3.63, 3.8) is 0 Å². The van der Waals surface area contributed by atoms with Gasteiger partial charge in [-0.15, -0.1) is 0 Å². The Morgan fingerprint density at radius 1 is 1.43 bits per heavy atom. The van der Waals surface area contributed by atoms with Gasteiger partial charge in [0, 0.05) is 18.8 Å². The van der Waals surface area contributed by atoms with Gasteiger partial charge in [0.15, 0.2) is 6.04 Å². The number of unbranched alkanes of at least 4 members (excludes halogenated alkanes) is 1. The summed E-state index contributed by atoms with van der Waals surface area (Å²) in [6, 6.07) is 0.809. The van der Waals surface area contributed by atoms with Crippen LogP contribution in [0.2, 0.25) is 0 Å². The number of hydrogen-bond acceptors (Lipinski definition) is 1. The van der Waals surface area contributed by atoms with Crippen molar-refractivity contribution in [2.75, 3.05) is 12.3 Å². The van der Waals surface area contributed by atoms with Gasteiger partial charge in [-0.05, 0) is 0 Å². The van der Waals surface area contributed by atoms with E-state index >= 15 is 0 Å². The van der Waals surface area contributed by atoms with Gasteiger partial charge in [0.2, 0.25) is 5.04 Å². The first kappa shape index (κ1) is 12.1. The third-order valence-corrected chi connectivity index (χ3v) is 4.42. The van der Waals surface area contributed by atoms with Crippen molar-refractivity contribution in [1.29, 1.82) is 0 Å². The van der Waals surface area contributed by atoms with Gasteiger partial charge in [-0.2, -0.15) is 0 Å². The van der Waals surface area contributed by atoms with Gasteiger partial charge >= 0.3 is 0 Å². The van der Waals surface area contributed by atoms with Crippen molar-refractivity contribution in [1.82, 2.24) is 0 Å². The standard InChI is InChI=1S/C12H24NS/c1-5-7-8-13-11(6-2)9-14-12(13)10(3)4/h10-11H,5-9H2,1-4H3/q+1/t11-/m1/s1. The molecule has 0 N–H and O–H groups in total. The largest absolute Gasteiger partial charge is 0.224 e. The summed E-state index contributed by atoms with van der Waals surface area (Å²) in [5, 5.41) is 1.63. The zero-order valence-electron chi connectivity index (χ0n) is 10.0. The van der Waals surface area contributed by atoms with Crippen molar-refractivity contribution >= 4 is 16.8 Å². The molecule has 1 heterocycles. The second-order valence-electron chi connectivity index (χ2n) is 4.41. The Morgan fingerprint density at radius 2 is 2.14 bits per heavy atom. The molecule has 0 aromatic heterocycles. The van der Waals surface area contributed by atoms with Crippen LogP contribution in [0, 0.1) is 5.92 Å². The molecule has 0 aromatic rings. The first-order chi connectivity index (χ1) is 6.70. The van der Waals surface area contributed by atoms with E-state index < -0.39 is 0 Å². The van der Waals surface area contributed by atoms with Gasteiger partial charge in [0.1, 0.15) is 6.54 Å². The topological polar surface area (TPSA) is 3.01 Å². The highest BCUT2D eigenvalue weighted by atomic mass is 32.2. The van der Waals surface area contributed by atoms with Crippen LogP contribution in [0.1, 0.15) is 47.0 Å². The Kier molecular flexibility index (Phi) is 5.00. The molecule has 0 aliphatic carbocycles. The Hall–Kier alpha value is 0.0200. The predicted molar refractivity (Wildman–Crippen MR) is 66.4 cm³/mol. The molecule has 0 amide bonds. The molecule has 14 heavy (non-hydrogen) atoms. The molecule has 0 saturated carbocycles. The fraction of sp³-hybridized carbons (Fsp3) is 0.917. The molecule has 0 fully saturated rings. The van der Waals surface area contributed by atoms with Crippen LogP contribution in [-0.2, 0) is 0 Å². The van der Waals surface area contributed by atoms with Crippen molar-refractivity contribution < 1.29 is 4.58 Å². The molecule has 1 rings (SSSR count). The molecule has 1 nitrogen and oxygen atoms in total. The van der Waals surface area contributed by atoms with Crippen molar-refractivity contribution in [3.05, 3.63) is 0 Å². The fourth-order valence-corrected chi connectivity index (χ4v) is 3.51. The minimum atomic E-state index is 0.716. The van der Waals surface area contributed by atoms with E-state index in [0.717, 1.165) is 6.04 Å². The summed E-state index contributed by atoms with van der Waals surface area (Å²) < 4.78 is 2.67. The van der Waals surface area contributed by atoms with Crippen molar-refractivity contribution in [2.24, 2.45) is 5.92 Å². The Balaban J connectivity index is 2.70. The number of hydrogen-bond donors (Lipinski definition) is 0. The highest BCUT2D eigenvalue weighted by Crippen LogP contribution is 2.24. The lowest BCUT2D eigenvalue weighted by atomic mass is 10.2. The van der Waals surface area contributed by atoms with Gasteiger partial charge in [-0.3, -0.25) is 0 Å². The molecule has 0 radical (unpaired) electrons. The Morgan fingerprint density at radius 3 is 2.64 bits per heavy atom. The molecular formula is C12H24NS+. The maximum Gasteiger partial charge on any atom is 0.213 e. The summed E-state index contributed by atoms with van der Waals surface area (Å²) in [5.41, 5.74) is 0. The van der Waals surface area contributed by atoms with Gasteiger partial charge in [0.05, 0.1) is 5.75 Å². The zero-order valence-corrected chi connectivity index (χ0v) is 10.9. The minimum absolute atomic E-state index is 0.716. The van der Waals surface area contributed by atoms with E-state index in [1.165, 1.54) is 31.6 Å². The van der Waals surface area contributed by atoms with Crippen LogP contribution < -0.4 is 0 Å². The lowest BCUT2D eigenvalue weighted by molar-refractivity contribution is -0.558. The maximum absolute atomic E-state index is 2.67. The van der Waals surface area contributed by atoms with Crippen LogP contribution in [0.5, 0.6) is 0 Å². The Bertz CT molecular complexity index is 208. The fourth-order valence-electron chi connectivity index (χ4n) is 1.99. The molecule has 1 aliphatic heterocycles.